The molecular weight excluding hydrogens is 285 g/mol. The average molecular weight is 298 g/mol. The number of rotatable bonds is 3. The Balaban J connectivity index is 2.64. The third kappa shape index (κ3) is 4.28. The van der Waals surface area contributed by atoms with Gasteiger partial charge in [0.1, 0.15) is 6.54 Å². The predicted molar refractivity (Wildman–Crippen MR) is 57.9 cm³/mol. The summed E-state index contributed by atoms with van der Waals surface area (Å²) in [6, 6.07) is -1.06. The van der Waals surface area contributed by atoms with Gasteiger partial charge in [-0.2, -0.15) is 13.2 Å². The van der Waals surface area contributed by atoms with Crippen molar-refractivity contribution in [2.75, 3.05) is 19.6 Å². The first-order valence-corrected chi connectivity index (χ1v) is 5.67. The number of alkyl halides is 3. The first kappa shape index (κ1) is 16.1. The van der Waals surface area contributed by atoms with Crippen LogP contribution < -0.4 is 5.32 Å². The molecule has 1 rings (SSSR count). The third-order valence-electron chi connectivity index (χ3n) is 2.97. The molecule has 0 aromatic rings. The number of halogens is 3. The quantitative estimate of drug-likeness (QED) is 0.697. The topological polar surface area (TPSA) is 107 Å². The number of likely N-dealkylation sites (tertiary alicyclic amines) is 1. The number of urea groups is 1. The van der Waals surface area contributed by atoms with Crippen LogP contribution in [0.15, 0.2) is 0 Å². The standard InChI is InChI=1S/C10H13F3N2O5/c11-10(12,13)4-14-9(20)15-2-1-5(7(16)17)6(3-15)8(18)19/h5-6H,1-4H2,(H,14,20)(H,16,17)(H,18,19). The van der Waals surface area contributed by atoms with Crippen molar-refractivity contribution in [2.45, 2.75) is 12.6 Å². The van der Waals surface area contributed by atoms with E-state index in [2.05, 4.69) is 0 Å². The van der Waals surface area contributed by atoms with Crippen LogP contribution in [0.5, 0.6) is 0 Å². The van der Waals surface area contributed by atoms with Crippen molar-refractivity contribution >= 4 is 18.0 Å². The molecule has 0 bridgehead atoms. The maximum Gasteiger partial charge on any atom is 0.405 e. The van der Waals surface area contributed by atoms with E-state index in [-0.39, 0.29) is 13.0 Å². The number of carbonyl (C=O) groups excluding carboxylic acids is 1. The Morgan fingerprint density at radius 3 is 2.15 bits per heavy atom. The van der Waals surface area contributed by atoms with Crippen molar-refractivity contribution in [1.82, 2.24) is 10.2 Å². The summed E-state index contributed by atoms with van der Waals surface area (Å²) in [5, 5.41) is 19.4. The van der Waals surface area contributed by atoms with Crippen molar-refractivity contribution < 1.29 is 37.8 Å². The Bertz CT molecular complexity index is 412. The molecule has 2 amide bonds. The van der Waals surface area contributed by atoms with Gasteiger partial charge in [-0.05, 0) is 6.42 Å². The van der Waals surface area contributed by atoms with Crippen LogP contribution in [-0.4, -0.2) is 58.9 Å². The number of nitrogens with one attached hydrogen (secondary N) is 1. The fourth-order valence-corrected chi connectivity index (χ4v) is 1.97. The van der Waals surface area contributed by atoms with E-state index in [0.29, 0.717) is 0 Å². The van der Waals surface area contributed by atoms with Crippen molar-refractivity contribution in [3.8, 4) is 0 Å². The first-order valence-electron chi connectivity index (χ1n) is 5.67. The van der Waals surface area contributed by atoms with E-state index in [9.17, 15) is 27.6 Å². The highest BCUT2D eigenvalue weighted by atomic mass is 19.4. The second-order valence-electron chi connectivity index (χ2n) is 4.40. The van der Waals surface area contributed by atoms with E-state index in [1.54, 1.807) is 5.32 Å². The summed E-state index contributed by atoms with van der Waals surface area (Å²) in [6.07, 6.45) is -4.69. The first-order chi connectivity index (χ1) is 9.11. The normalized spacial score (nSPS) is 23.2. The summed E-state index contributed by atoms with van der Waals surface area (Å²) >= 11 is 0. The van der Waals surface area contributed by atoms with Gasteiger partial charge in [0.15, 0.2) is 0 Å². The Hall–Kier alpha value is -2.00. The number of carboxylic acids is 2. The molecule has 1 heterocycles. The SMILES string of the molecule is O=C(O)C1CCN(C(=O)NCC(F)(F)F)CC1C(=O)O. The van der Waals surface area contributed by atoms with E-state index in [0.717, 1.165) is 4.90 Å². The van der Waals surface area contributed by atoms with Crippen molar-refractivity contribution in [3.63, 3.8) is 0 Å². The molecule has 0 saturated carbocycles. The lowest BCUT2D eigenvalue weighted by atomic mass is 9.86. The molecule has 1 aliphatic heterocycles. The maximum atomic E-state index is 12.0. The molecule has 0 spiro atoms. The zero-order valence-corrected chi connectivity index (χ0v) is 10.2. The van der Waals surface area contributed by atoms with Gasteiger partial charge in [0.05, 0.1) is 11.8 Å². The van der Waals surface area contributed by atoms with Crippen LogP contribution in [0.2, 0.25) is 0 Å². The highest BCUT2D eigenvalue weighted by Crippen LogP contribution is 2.24. The molecule has 7 nitrogen and oxygen atoms in total. The number of hydrogen-bond acceptors (Lipinski definition) is 3. The Labute approximate surface area is 111 Å². The number of nitrogens with zero attached hydrogens (tertiary/aromatic N) is 1. The third-order valence-corrected chi connectivity index (χ3v) is 2.97. The van der Waals surface area contributed by atoms with Gasteiger partial charge in [-0.25, -0.2) is 4.79 Å². The Morgan fingerprint density at radius 2 is 1.70 bits per heavy atom. The maximum absolute atomic E-state index is 12.0. The molecule has 1 aliphatic rings. The second kappa shape index (κ2) is 5.97. The van der Waals surface area contributed by atoms with Gasteiger partial charge in [0.25, 0.3) is 0 Å². The zero-order chi connectivity index (χ0) is 15.5. The predicted octanol–water partition coefficient (Wildman–Crippen LogP) is 0.366. The highest BCUT2D eigenvalue weighted by Gasteiger charge is 2.40. The highest BCUT2D eigenvalue weighted by molar-refractivity contribution is 5.82. The van der Waals surface area contributed by atoms with Gasteiger partial charge >= 0.3 is 24.1 Å². The molecule has 2 unspecified atom stereocenters. The lowest BCUT2D eigenvalue weighted by Crippen LogP contribution is -2.52. The number of amides is 2. The molecule has 10 heteroatoms. The molecule has 2 atom stereocenters. The summed E-state index contributed by atoms with van der Waals surface area (Å²) in [6.45, 7) is -2.07. The van der Waals surface area contributed by atoms with Crippen LogP contribution in [0, 0.1) is 11.8 Å². The molecule has 20 heavy (non-hydrogen) atoms. The number of carboxylic acid groups (broad SMARTS) is 2. The molecule has 0 radical (unpaired) electrons. The average Bonchev–Trinajstić information content (AvgIpc) is 2.34. The minimum absolute atomic E-state index is 0.107. The van der Waals surface area contributed by atoms with Gasteiger partial charge < -0.3 is 20.4 Å². The van der Waals surface area contributed by atoms with Gasteiger partial charge in [-0.3, -0.25) is 9.59 Å². The number of carbonyl (C=O) groups is 3. The molecule has 0 aromatic carbocycles. The van der Waals surface area contributed by atoms with E-state index < -0.39 is 49.1 Å². The molecule has 1 saturated heterocycles. The van der Waals surface area contributed by atoms with Crippen LogP contribution >= 0.6 is 0 Å². The van der Waals surface area contributed by atoms with Gasteiger partial charge in [-0.15, -0.1) is 0 Å². The van der Waals surface area contributed by atoms with E-state index in [4.69, 9.17) is 10.2 Å². The molecule has 0 aromatic heterocycles. The van der Waals surface area contributed by atoms with Crippen molar-refractivity contribution in [3.05, 3.63) is 0 Å². The van der Waals surface area contributed by atoms with E-state index in [1.165, 1.54) is 0 Å². The number of aliphatic carboxylic acids is 2. The van der Waals surface area contributed by atoms with Crippen LogP contribution in [0.1, 0.15) is 6.42 Å². The minimum Gasteiger partial charge on any atom is -0.481 e. The van der Waals surface area contributed by atoms with Gasteiger partial charge in [0, 0.05) is 13.1 Å². The lowest BCUT2D eigenvalue weighted by Gasteiger charge is -2.34. The smallest absolute Gasteiger partial charge is 0.405 e. The van der Waals surface area contributed by atoms with E-state index in [1.807, 2.05) is 0 Å². The largest absolute Gasteiger partial charge is 0.481 e. The molecule has 3 N–H and O–H groups in total. The van der Waals surface area contributed by atoms with Crippen LogP contribution in [0.4, 0.5) is 18.0 Å². The van der Waals surface area contributed by atoms with Crippen LogP contribution in [-0.2, 0) is 9.59 Å². The Morgan fingerprint density at radius 1 is 1.15 bits per heavy atom. The summed E-state index contributed by atoms with van der Waals surface area (Å²) in [5.41, 5.74) is 0. The lowest BCUT2D eigenvalue weighted by molar-refractivity contribution is -0.156. The van der Waals surface area contributed by atoms with Crippen LogP contribution in [0.25, 0.3) is 0 Å². The summed E-state index contributed by atoms with van der Waals surface area (Å²) in [4.78, 5) is 34.2. The molecule has 1 fully saturated rings. The zero-order valence-electron chi connectivity index (χ0n) is 10.2. The number of piperidine rings is 1. The monoisotopic (exact) mass is 298 g/mol. The minimum atomic E-state index is -4.57. The van der Waals surface area contributed by atoms with E-state index >= 15 is 0 Å². The Kier molecular flexibility index (Phi) is 4.79. The molecular formula is C10H13F3N2O5. The van der Waals surface area contributed by atoms with Gasteiger partial charge in [-0.1, -0.05) is 0 Å². The second-order valence-corrected chi connectivity index (χ2v) is 4.40. The summed E-state index contributed by atoms with van der Waals surface area (Å²) < 4.78 is 35.9. The number of hydrogen-bond donors (Lipinski definition) is 3. The summed E-state index contributed by atoms with van der Waals surface area (Å²) in [5.74, 6) is -5.18. The van der Waals surface area contributed by atoms with Crippen molar-refractivity contribution in [2.24, 2.45) is 11.8 Å². The summed E-state index contributed by atoms with van der Waals surface area (Å²) in [7, 11) is 0. The molecule has 114 valence electrons. The fraction of sp³-hybridized carbons (Fsp3) is 0.700. The van der Waals surface area contributed by atoms with Crippen LogP contribution in [0.3, 0.4) is 0 Å². The molecule has 0 aliphatic carbocycles. The van der Waals surface area contributed by atoms with Gasteiger partial charge in [0.2, 0.25) is 0 Å². The van der Waals surface area contributed by atoms with Crippen molar-refractivity contribution in [1.29, 1.82) is 0 Å². The fourth-order valence-electron chi connectivity index (χ4n) is 1.97.